The van der Waals surface area contributed by atoms with Crippen LogP contribution in [0.2, 0.25) is 0 Å². The van der Waals surface area contributed by atoms with Gasteiger partial charge in [0, 0.05) is 18.2 Å². The van der Waals surface area contributed by atoms with E-state index in [-0.39, 0.29) is 18.7 Å². The Kier molecular flexibility index (Phi) is 5.18. The Bertz CT molecular complexity index is 426. The van der Waals surface area contributed by atoms with E-state index in [9.17, 15) is 13.6 Å². The SMILES string of the molecule is CCN(CCO)C(C(=O)O)c1ccc(F)cc1F. The summed E-state index contributed by atoms with van der Waals surface area (Å²) in [5, 5.41) is 18.0. The molecular weight excluding hydrogens is 244 g/mol. The van der Waals surface area contributed by atoms with Gasteiger partial charge in [0.25, 0.3) is 0 Å². The van der Waals surface area contributed by atoms with Crippen LogP contribution in [0.4, 0.5) is 8.78 Å². The minimum atomic E-state index is -1.24. The molecule has 1 atom stereocenters. The fourth-order valence-corrected chi connectivity index (χ4v) is 1.81. The first-order valence-corrected chi connectivity index (χ1v) is 5.54. The van der Waals surface area contributed by atoms with E-state index < -0.39 is 23.6 Å². The summed E-state index contributed by atoms with van der Waals surface area (Å²) in [6, 6.07) is 1.55. The van der Waals surface area contributed by atoms with Crippen molar-refractivity contribution in [3.8, 4) is 0 Å². The fourth-order valence-electron chi connectivity index (χ4n) is 1.81. The molecule has 0 aromatic heterocycles. The van der Waals surface area contributed by atoms with E-state index in [1.807, 2.05) is 0 Å². The highest BCUT2D eigenvalue weighted by Gasteiger charge is 2.28. The number of likely N-dealkylation sites (N-methyl/N-ethyl adjacent to an activating group) is 1. The number of aliphatic hydroxyl groups excluding tert-OH is 1. The number of hydrogen-bond donors (Lipinski definition) is 2. The van der Waals surface area contributed by atoms with Crippen LogP contribution in [0.5, 0.6) is 0 Å². The minimum Gasteiger partial charge on any atom is -0.480 e. The maximum absolute atomic E-state index is 13.6. The van der Waals surface area contributed by atoms with Crippen LogP contribution >= 0.6 is 0 Å². The van der Waals surface area contributed by atoms with E-state index in [0.29, 0.717) is 12.6 Å². The molecule has 0 aliphatic rings. The summed E-state index contributed by atoms with van der Waals surface area (Å²) in [6.07, 6.45) is 0. The number of carboxylic acid groups (broad SMARTS) is 1. The Hall–Kier alpha value is -1.53. The van der Waals surface area contributed by atoms with Gasteiger partial charge in [-0.05, 0) is 12.6 Å². The number of hydrogen-bond acceptors (Lipinski definition) is 3. The molecule has 0 amide bonds. The Morgan fingerprint density at radius 1 is 1.44 bits per heavy atom. The lowest BCUT2D eigenvalue weighted by Crippen LogP contribution is -2.36. The van der Waals surface area contributed by atoms with Crippen molar-refractivity contribution in [1.82, 2.24) is 4.90 Å². The smallest absolute Gasteiger partial charge is 0.325 e. The van der Waals surface area contributed by atoms with Crippen LogP contribution in [0.1, 0.15) is 18.5 Å². The van der Waals surface area contributed by atoms with Crippen LogP contribution < -0.4 is 0 Å². The predicted octanol–water partition coefficient (Wildman–Crippen LogP) is 1.40. The van der Waals surface area contributed by atoms with E-state index >= 15 is 0 Å². The summed E-state index contributed by atoms with van der Waals surface area (Å²) < 4.78 is 26.4. The minimum absolute atomic E-state index is 0.101. The third kappa shape index (κ3) is 3.24. The first-order valence-electron chi connectivity index (χ1n) is 5.54. The molecule has 0 saturated heterocycles. The first kappa shape index (κ1) is 14.5. The number of carboxylic acids is 1. The van der Waals surface area contributed by atoms with Crippen molar-refractivity contribution in [3.05, 3.63) is 35.4 Å². The molecule has 0 radical (unpaired) electrons. The third-order valence-electron chi connectivity index (χ3n) is 2.65. The van der Waals surface area contributed by atoms with Crippen LogP contribution in [0.25, 0.3) is 0 Å². The fraction of sp³-hybridized carbons (Fsp3) is 0.417. The predicted molar refractivity (Wildman–Crippen MR) is 61.1 cm³/mol. The third-order valence-corrected chi connectivity index (χ3v) is 2.65. The van der Waals surface area contributed by atoms with E-state index in [4.69, 9.17) is 10.2 Å². The molecular formula is C12H15F2NO3. The van der Waals surface area contributed by atoms with E-state index in [0.717, 1.165) is 12.1 Å². The summed E-state index contributed by atoms with van der Waals surface area (Å²) in [5.74, 6) is -2.90. The van der Waals surface area contributed by atoms with Gasteiger partial charge in [0.1, 0.15) is 17.7 Å². The van der Waals surface area contributed by atoms with Gasteiger partial charge in [0.15, 0.2) is 0 Å². The van der Waals surface area contributed by atoms with E-state index in [2.05, 4.69) is 0 Å². The van der Waals surface area contributed by atoms with Gasteiger partial charge in [-0.1, -0.05) is 13.0 Å². The van der Waals surface area contributed by atoms with Gasteiger partial charge >= 0.3 is 5.97 Å². The highest BCUT2D eigenvalue weighted by molar-refractivity contribution is 5.75. The molecule has 2 N–H and O–H groups in total. The standard InChI is InChI=1S/C12H15F2NO3/c1-2-15(5-6-16)11(12(17)18)9-4-3-8(13)7-10(9)14/h3-4,7,11,16H,2,5-6H2,1H3,(H,17,18). The van der Waals surface area contributed by atoms with Crippen molar-refractivity contribution in [1.29, 1.82) is 0 Å². The van der Waals surface area contributed by atoms with Crippen LogP contribution in [0.3, 0.4) is 0 Å². The molecule has 1 aromatic carbocycles. The van der Waals surface area contributed by atoms with Gasteiger partial charge in [-0.25, -0.2) is 8.78 Å². The summed E-state index contributed by atoms with van der Waals surface area (Å²) in [6.45, 7) is 1.89. The van der Waals surface area contributed by atoms with Crippen molar-refractivity contribution >= 4 is 5.97 Å². The quantitative estimate of drug-likeness (QED) is 0.810. The Labute approximate surface area is 103 Å². The normalized spacial score (nSPS) is 12.7. The Morgan fingerprint density at radius 2 is 2.11 bits per heavy atom. The number of carbonyl (C=O) groups is 1. The second-order valence-corrected chi connectivity index (χ2v) is 3.76. The van der Waals surface area contributed by atoms with Crippen LogP contribution in [-0.2, 0) is 4.79 Å². The average molecular weight is 259 g/mol. The monoisotopic (exact) mass is 259 g/mol. The molecule has 6 heteroatoms. The van der Waals surface area contributed by atoms with Gasteiger partial charge in [0.05, 0.1) is 6.61 Å². The number of rotatable bonds is 6. The molecule has 4 nitrogen and oxygen atoms in total. The lowest BCUT2D eigenvalue weighted by atomic mass is 10.0. The maximum atomic E-state index is 13.6. The summed E-state index contributed by atoms with van der Waals surface area (Å²) in [7, 11) is 0. The van der Waals surface area contributed by atoms with Gasteiger partial charge in [-0.3, -0.25) is 9.69 Å². The number of halogens is 2. The maximum Gasteiger partial charge on any atom is 0.325 e. The first-order chi connectivity index (χ1) is 8.51. The topological polar surface area (TPSA) is 60.8 Å². The lowest BCUT2D eigenvalue weighted by molar-refractivity contribution is -0.143. The van der Waals surface area contributed by atoms with Crippen molar-refractivity contribution in [2.45, 2.75) is 13.0 Å². The molecule has 100 valence electrons. The highest BCUT2D eigenvalue weighted by Crippen LogP contribution is 2.24. The van der Waals surface area contributed by atoms with Gasteiger partial charge < -0.3 is 10.2 Å². The second kappa shape index (κ2) is 6.42. The molecule has 1 unspecified atom stereocenters. The van der Waals surface area contributed by atoms with Crippen LogP contribution in [0.15, 0.2) is 18.2 Å². The molecule has 0 fully saturated rings. The highest BCUT2D eigenvalue weighted by atomic mass is 19.1. The average Bonchev–Trinajstić information content (AvgIpc) is 2.30. The Balaban J connectivity index is 3.14. The van der Waals surface area contributed by atoms with Crippen LogP contribution in [-0.4, -0.2) is 40.8 Å². The summed E-state index contributed by atoms with van der Waals surface area (Å²) in [4.78, 5) is 12.6. The van der Waals surface area contributed by atoms with Crippen LogP contribution in [0, 0.1) is 11.6 Å². The number of aliphatic hydroxyl groups is 1. The van der Waals surface area contributed by atoms with Crippen molar-refractivity contribution in [2.24, 2.45) is 0 Å². The molecule has 0 aliphatic heterocycles. The second-order valence-electron chi connectivity index (χ2n) is 3.76. The van der Waals surface area contributed by atoms with Crippen molar-refractivity contribution in [3.63, 3.8) is 0 Å². The van der Waals surface area contributed by atoms with Gasteiger partial charge in [-0.15, -0.1) is 0 Å². The Morgan fingerprint density at radius 3 is 2.56 bits per heavy atom. The molecule has 1 rings (SSSR count). The number of aliphatic carboxylic acids is 1. The zero-order chi connectivity index (χ0) is 13.7. The molecule has 18 heavy (non-hydrogen) atoms. The number of benzene rings is 1. The molecule has 0 bridgehead atoms. The van der Waals surface area contributed by atoms with E-state index in [1.165, 1.54) is 4.90 Å². The molecule has 0 heterocycles. The van der Waals surface area contributed by atoms with Gasteiger partial charge in [-0.2, -0.15) is 0 Å². The zero-order valence-corrected chi connectivity index (χ0v) is 9.94. The van der Waals surface area contributed by atoms with Crippen molar-refractivity contribution < 1.29 is 23.8 Å². The number of nitrogens with zero attached hydrogens (tertiary/aromatic N) is 1. The molecule has 1 aromatic rings. The molecule has 0 spiro atoms. The molecule has 0 aliphatic carbocycles. The largest absolute Gasteiger partial charge is 0.480 e. The summed E-state index contributed by atoms with van der Waals surface area (Å²) in [5.41, 5.74) is -0.112. The van der Waals surface area contributed by atoms with Crippen molar-refractivity contribution in [2.75, 3.05) is 19.7 Å². The zero-order valence-electron chi connectivity index (χ0n) is 9.94. The lowest BCUT2D eigenvalue weighted by Gasteiger charge is -2.27. The van der Waals surface area contributed by atoms with E-state index in [1.54, 1.807) is 6.92 Å². The molecule has 0 saturated carbocycles. The van der Waals surface area contributed by atoms with Gasteiger partial charge in [0.2, 0.25) is 0 Å². The summed E-state index contributed by atoms with van der Waals surface area (Å²) >= 11 is 0.